The van der Waals surface area contributed by atoms with Gasteiger partial charge in [-0.05, 0) is 60.9 Å². The number of carbonyl (C=O) groups is 1. The number of halogens is 3. The SMILES string of the molecule is C[C@H]1C2CC(S(=O)(=O)c3cc(C(=O)Nc4ccc(F)c(F)c4)ccc3Cl)CC1[C@@H]2O. The third kappa shape index (κ3) is 3.50. The second-order valence-corrected chi connectivity index (χ2v) is 10.6. The van der Waals surface area contributed by atoms with Crippen LogP contribution < -0.4 is 5.32 Å². The van der Waals surface area contributed by atoms with Crippen LogP contribution in [0.1, 0.15) is 30.1 Å². The van der Waals surface area contributed by atoms with Crippen molar-refractivity contribution in [1.29, 1.82) is 0 Å². The summed E-state index contributed by atoms with van der Waals surface area (Å²) >= 11 is 6.16. The van der Waals surface area contributed by atoms with E-state index in [0.29, 0.717) is 12.8 Å². The first-order chi connectivity index (χ1) is 14.1. The summed E-state index contributed by atoms with van der Waals surface area (Å²) in [7, 11) is -3.82. The van der Waals surface area contributed by atoms with E-state index in [9.17, 15) is 27.1 Å². The molecule has 2 aromatic rings. The minimum Gasteiger partial charge on any atom is -0.393 e. The number of rotatable bonds is 4. The second-order valence-electron chi connectivity index (χ2n) is 8.04. The normalized spacial score (nSPS) is 28.0. The molecule has 2 atom stereocenters. The first-order valence-corrected chi connectivity index (χ1v) is 11.5. The highest BCUT2D eigenvalue weighted by Crippen LogP contribution is 2.53. The van der Waals surface area contributed by atoms with Crippen LogP contribution in [0.5, 0.6) is 0 Å². The molecular weight excluding hydrogens is 436 g/mol. The van der Waals surface area contributed by atoms with E-state index in [0.717, 1.165) is 12.1 Å². The lowest BCUT2D eigenvalue weighted by Crippen LogP contribution is -2.57. The van der Waals surface area contributed by atoms with Crippen molar-refractivity contribution in [3.05, 3.63) is 58.6 Å². The summed E-state index contributed by atoms with van der Waals surface area (Å²) in [6, 6.07) is 6.81. The van der Waals surface area contributed by atoms with Gasteiger partial charge in [0.05, 0.1) is 21.3 Å². The number of anilines is 1. The molecule has 0 heterocycles. The van der Waals surface area contributed by atoms with Crippen LogP contribution in [0.2, 0.25) is 5.02 Å². The topological polar surface area (TPSA) is 83.5 Å². The van der Waals surface area contributed by atoms with Gasteiger partial charge in [-0.15, -0.1) is 0 Å². The number of aliphatic hydroxyl groups excluding tert-OH is 1. The van der Waals surface area contributed by atoms with Crippen LogP contribution in [-0.2, 0) is 9.84 Å². The molecule has 2 unspecified atom stereocenters. The number of carbonyl (C=O) groups excluding carboxylic acids is 1. The molecule has 30 heavy (non-hydrogen) atoms. The predicted molar refractivity (Wildman–Crippen MR) is 108 cm³/mol. The summed E-state index contributed by atoms with van der Waals surface area (Å²) in [5.41, 5.74) is 0.0608. The van der Waals surface area contributed by atoms with E-state index >= 15 is 0 Å². The lowest BCUT2D eigenvalue weighted by atomic mass is 9.55. The number of amides is 1. The summed E-state index contributed by atoms with van der Waals surface area (Å²) in [6.45, 7) is 2.01. The van der Waals surface area contributed by atoms with Crippen LogP contribution in [0, 0.1) is 29.4 Å². The number of sulfone groups is 1. The molecule has 2 bridgehead atoms. The van der Waals surface area contributed by atoms with Crippen molar-refractivity contribution in [3.8, 4) is 0 Å². The van der Waals surface area contributed by atoms with Crippen molar-refractivity contribution >= 4 is 33.0 Å². The van der Waals surface area contributed by atoms with Crippen molar-refractivity contribution in [2.24, 2.45) is 17.8 Å². The number of aliphatic hydroxyl groups is 1. The van der Waals surface area contributed by atoms with Crippen LogP contribution in [0.25, 0.3) is 0 Å². The van der Waals surface area contributed by atoms with Gasteiger partial charge in [-0.25, -0.2) is 17.2 Å². The third-order valence-electron chi connectivity index (χ3n) is 6.41. The number of hydrogen-bond donors (Lipinski definition) is 2. The Morgan fingerprint density at radius 1 is 1.10 bits per heavy atom. The second kappa shape index (κ2) is 7.59. The molecule has 2 aromatic carbocycles. The molecule has 0 aliphatic heterocycles. The molecule has 2 N–H and O–H groups in total. The molecule has 3 fully saturated rings. The average Bonchev–Trinajstić information content (AvgIpc) is 2.71. The fourth-order valence-electron chi connectivity index (χ4n) is 4.60. The van der Waals surface area contributed by atoms with E-state index < -0.39 is 38.7 Å². The Morgan fingerprint density at radius 2 is 1.77 bits per heavy atom. The monoisotopic (exact) mass is 455 g/mol. The van der Waals surface area contributed by atoms with Gasteiger partial charge in [0.15, 0.2) is 21.5 Å². The van der Waals surface area contributed by atoms with Gasteiger partial charge in [-0.2, -0.15) is 0 Å². The number of benzene rings is 2. The Bertz CT molecular complexity index is 1100. The first-order valence-electron chi connectivity index (χ1n) is 9.57. The van der Waals surface area contributed by atoms with Gasteiger partial charge in [0.25, 0.3) is 5.91 Å². The largest absolute Gasteiger partial charge is 0.393 e. The summed E-state index contributed by atoms with van der Waals surface area (Å²) < 4.78 is 52.8. The Balaban J connectivity index is 1.58. The molecule has 3 aliphatic rings. The molecule has 1 amide bonds. The highest BCUT2D eigenvalue weighted by Gasteiger charge is 2.55. The van der Waals surface area contributed by atoms with E-state index in [4.69, 9.17) is 11.6 Å². The quantitative estimate of drug-likeness (QED) is 0.728. The van der Waals surface area contributed by atoms with Crippen molar-refractivity contribution in [1.82, 2.24) is 0 Å². The van der Waals surface area contributed by atoms with Gasteiger partial charge in [0.1, 0.15) is 0 Å². The van der Waals surface area contributed by atoms with Crippen molar-refractivity contribution in [2.45, 2.75) is 36.0 Å². The molecule has 0 saturated heterocycles. The van der Waals surface area contributed by atoms with Crippen LogP contribution in [0.3, 0.4) is 0 Å². The van der Waals surface area contributed by atoms with Crippen molar-refractivity contribution in [3.63, 3.8) is 0 Å². The highest BCUT2D eigenvalue weighted by atomic mass is 35.5. The van der Waals surface area contributed by atoms with Gasteiger partial charge < -0.3 is 10.4 Å². The van der Waals surface area contributed by atoms with Gasteiger partial charge in [0, 0.05) is 17.3 Å². The van der Waals surface area contributed by atoms with Gasteiger partial charge >= 0.3 is 0 Å². The van der Waals surface area contributed by atoms with E-state index in [1.54, 1.807) is 0 Å². The van der Waals surface area contributed by atoms with E-state index in [2.05, 4.69) is 5.32 Å². The highest BCUT2D eigenvalue weighted by molar-refractivity contribution is 7.92. The Hall–Kier alpha value is -2.03. The molecular formula is C21H20ClF2NO4S. The summed E-state index contributed by atoms with van der Waals surface area (Å²) in [6.07, 6.45) is 0.237. The minimum atomic E-state index is -3.82. The zero-order valence-electron chi connectivity index (χ0n) is 16.0. The summed E-state index contributed by atoms with van der Waals surface area (Å²) in [5.74, 6) is -2.65. The number of nitrogens with one attached hydrogen (secondary N) is 1. The molecule has 3 saturated carbocycles. The Morgan fingerprint density at radius 3 is 2.37 bits per heavy atom. The van der Waals surface area contributed by atoms with E-state index in [1.165, 1.54) is 24.3 Å². The zero-order chi connectivity index (χ0) is 21.8. The van der Waals surface area contributed by atoms with Crippen molar-refractivity contribution in [2.75, 3.05) is 5.32 Å². The summed E-state index contributed by atoms with van der Waals surface area (Å²) in [5, 5.41) is 11.8. The Kier molecular flexibility index (Phi) is 5.36. The summed E-state index contributed by atoms with van der Waals surface area (Å²) in [4.78, 5) is 12.4. The Labute approximate surface area is 178 Å². The van der Waals surface area contributed by atoms with E-state index in [-0.39, 0.29) is 38.9 Å². The number of fused-ring (bicyclic) bond motifs is 2. The predicted octanol–water partition coefficient (Wildman–Crippen LogP) is 4.05. The van der Waals surface area contributed by atoms with Crippen LogP contribution in [0.15, 0.2) is 41.3 Å². The lowest BCUT2D eigenvalue weighted by Gasteiger charge is -2.54. The van der Waals surface area contributed by atoms with E-state index in [1.807, 2.05) is 6.92 Å². The van der Waals surface area contributed by atoms with Gasteiger partial charge in [-0.1, -0.05) is 18.5 Å². The fraction of sp³-hybridized carbons (Fsp3) is 0.381. The molecule has 3 aliphatic carbocycles. The fourth-order valence-corrected chi connectivity index (χ4v) is 6.98. The maximum absolute atomic E-state index is 13.4. The maximum Gasteiger partial charge on any atom is 0.255 e. The third-order valence-corrected chi connectivity index (χ3v) is 9.07. The average molecular weight is 456 g/mol. The molecule has 0 spiro atoms. The van der Waals surface area contributed by atoms with Gasteiger partial charge in [-0.3, -0.25) is 4.79 Å². The molecule has 0 aromatic heterocycles. The smallest absolute Gasteiger partial charge is 0.255 e. The van der Waals surface area contributed by atoms with Gasteiger partial charge in [0.2, 0.25) is 0 Å². The molecule has 9 heteroatoms. The number of hydrogen-bond acceptors (Lipinski definition) is 4. The van der Waals surface area contributed by atoms with Crippen molar-refractivity contribution < 1.29 is 27.1 Å². The van der Waals surface area contributed by atoms with Crippen LogP contribution in [-0.4, -0.2) is 30.8 Å². The standard InChI is InChI=1S/C21H20ClF2NO4S/c1-10-14-8-13(9-15(10)20(14)26)30(28,29)19-6-11(2-4-16(19)22)21(27)25-12-3-5-17(23)18(24)7-12/h2-7,10,13-15,20,26H,8-9H2,1H3,(H,25,27)/t10-,13?,14?,15?,20+. The zero-order valence-corrected chi connectivity index (χ0v) is 17.6. The first kappa shape index (κ1) is 21.2. The van der Waals surface area contributed by atoms with Crippen LogP contribution >= 0.6 is 11.6 Å². The molecule has 5 rings (SSSR count). The maximum atomic E-state index is 13.4. The minimum absolute atomic E-state index is 0.00669. The molecule has 0 radical (unpaired) electrons. The van der Waals surface area contributed by atoms with Crippen LogP contribution in [0.4, 0.5) is 14.5 Å². The lowest BCUT2D eigenvalue weighted by molar-refractivity contribution is -0.124. The molecule has 5 nitrogen and oxygen atoms in total. The molecule has 160 valence electrons.